The van der Waals surface area contributed by atoms with Crippen LogP contribution in [0.5, 0.6) is 0 Å². The van der Waals surface area contributed by atoms with Gasteiger partial charge >= 0.3 is 0 Å². The molecule has 1 heterocycles. The molecule has 88 valence electrons. The molecule has 1 unspecified atom stereocenters. The Morgan fingerprint density at radius 3 is 2.88 bits per heavy atom. The Kier molecular flexibility index (Phi) is 3.60. The Morgan fingerprint density at radius 2 is 2.06 bits per heavy atom. The lowest BCUT2D eigenvalue weighted by Gasteiger charge is -2.24. The summed E-state index contributed by atoms with van der Waals surface area (Å²) in [4.78, 5) is 0. The van der Waals surface area contributed by atoms with E-state index in [1.54, 1.807) is 18.2 Å². The van der Waals surface area contributed by atoms with Crippen LogP contribution in [-0.2, 0) is 5.67 Å². The summed E-state index contributed by atoms with van der Waals surface area (Å²) in [7, 11) is 0. The molecule has 0 spiro atoms. The van der Waals surface area contributed by atoms with Gasteiger partial charge in [-0.05, 0) is 54.3 Å². The fourth-order valence-electron chi connectivity index (χ4n) is 2.15. The lowest BCUT2D eigenvalue weighted by Crippen LogP contribution is -2.23. The zero-order valence-corrected chi connectivity index (χ0v) is 10.5. The van der Waals surface area contributed by atoms with Crippen molar-refractivity contribution in [2.75, 3.05) is 13.1 Å². The number of hydrogen-bond acceptors (Lipinski definition) is 1. The minimum Gasteiger partial charge on any atom is -0.317 e. The van der Waals surface area contributed by atoms with E-state index in [0.29, 0.717) is 23.9 Å². The van der Waals surface area contributed by atoms with Crippen LogP contribution in [0.2, 0.25) is 0 Å². The summed E-state index contributed by atoms with van der Waals surface area (Å²) in [5.74, 6) is -0.466. The van der Waals surface area contributed by atoms with E-state index in [9.17, 15) is 8.78 Å². The van der Waals surface area contributed by atoms with E-state index in [0.717, 1.165) is 13.0 Å². The van der Waals surface area contributed by atoms with Crippen LogP contribution in [0.3, 0.4) is 0 Å². The van der Waals surface area contributed by atoms with Crippen LogP contribution in [0, 0.1) is 5.82 Å². The first-order valence-electron chi connectivity index (χ1n) is 5.48. The lowest BCUT2D eigenvalue weighted by molar-refractivity contribution is 0.139. The monoisotopic (exact) mass is 289 g/mol. The third kappa shape index (κ3) is 2.28. The first-order chi connectivity index (χ1) is 7.63. The Labute approximate surface area is 102 Å². The summed E-state index contributed by atoms with van der Waals surface area (Å²) in [6.45, 7) is 1.41. The summed E-state index contributed by atoms with van der Waals surface area (Å²) in [6.07, 6.45) is 1.45. The summed E-state index contributed by atoms with van der Waals surface area (Å²) >= 11 is 3.10. The van der Waals surface area contributed by atoms with Crippen LogP contribution in [0.1, 0.15) is 24.8 Å². The second-order valence-corrected chi connectivity index (χ2v) is 5.02. The highest BCUT2D eigenvalue weighted by Gasteiger charge is 2.35. The van der Waals surface area contributed by atoms with Crippen molar-refractivity contribution >= 4 is 15.9 Å². The molecule has 1 aromatic carbocycles. The van der Waals surface area contributed by atoms with Gasteiger partial charge in [-0.3, -0.25) is 0 Å². The highest BCUT2D eigenvalue weighted by atomic mass is 79.9. The van der Waals surface area contributed by atoms with Gasteiger partial charge in [0.2, 0.25) is 0 Å². The topological polar surface area (TPSA) is 12.0 Å². The molecule has 16 heavy (non-hydrogen) atoms. The Hall–Kier alpha value is -0.480. The molecule has 1 aromatic rings. The molecule has 1 atom stereocenters. The van der Waals surface area contributed by atoms with Crippen molar-refractivity contribution in [2.24, 2.45) is 0 Å². The Morgan fingerprint density at radius 1 is 1.25 bits per heavy atom. The molecule has 1 saturated heterocycles. The minimum atomic E-state index is -1.53. The SMILES string of the molecule is Fc1c(Br)cccc1C1(F)CCCNCC1. The number of alkyl halides is 1. The number of benzene rings is 1. The third-order valence-corrected chi connectivity index (χ3v) is 3.67. The first-order valence-corrected chi connectivity index (χ1v) is 6.27. The molecule has 0 amide bonds. The van der Waals surface area contributed by atoms with Gasteiger partial charge in [-0.25, -0.2) is 8.78 Å². The molecular formula is C12H14BrF2N. The van der Waals surface area contributed by atoms with Crippen molar-refractivity contribution in [2.45, 2.75) is 24.9 Å². The molecular weight excluding hydrogens is 276 g/mol. The molecule has 4 heteroatoms. The number of halogens is 3. The normalized spacial score (nSPS) is 26.4. The number of hydrogen-bond donors (Lipinski definition) is 1. The van der Waals surface area contributed by atoms with E-state index in [1.807, 2.05) is 0 Å². The molecule has 0 aliphatic carbocycles. The molecule has 1 aliphatic rings. The second-order valence-electron chi connectivity index (χ2n) is 4.17. The van der Waals surface area contributed by atoms with Crippen LogP contribution in [-0.4, -0.2) is 13.1 Å². The highest BCUT2D eigenvalue weighted by Crippen LogP contribution is 2.38. The van der Waals surface area contributed by atoms with E-state index in [2.05, 4.69) is 21.2 Å². The van der Waals surface area contributed by atoms with Gasteiger partial charge in [-0.15, -0.1) is 0 Å². The minimum absolute atomic E-state index is 0.186. The molecule has 1 N–H and O–H groups in total. The molecule has 0 aromatic heterocycles. The van der Waals surface area contributed by atoms with E-state index in [1.165, 1.54) is 0 Å². The zero-order valence-electron chi connectivity index (χ0n) is 8.90. The van der Waals surface area contributed by atoms with Crippen LogP contribution in [0.15, 0.2) is 22.7 Å². The standard InChI is InChI=1S/C12H14BrF2N/c13-10-4-1-3-9(11(10)14)12(15)5-2-7-16-8-6-12/h1,3-4,16H,2,5-8H2. The van der Waals surface area contributed by atoms with Crippen molar-refractivity contribution in [3.8, 4) is 0 Å². The summed E-state index contributed by atoms with van der Waals surface area (Å²) < 4.78 is 28.9. The zero-order chi connectivity index (χ0) is 11.6. The maximum atomic E-state index is 14.7. The molecule has 0 saturated carbocycles. The molecule has 0 bridgehead atoms. The Balaban J connectivity index is 2.37. The van der Waals surface area contributed by atoms with Gasteiger partial charge in [0.15, 0.2) is 0 Å². The van der Waals surface area contributed by atoms with Gasteiger partial charge in [0.05, 0.1) is 4.47 Å². The van der Waals surface area contributed by atoms with Gasteiger partial charge < -0.3 is 5.32 Å². The van der Waals surface area contributed by atoms with Crippen molar-refractivity contribution < 1.29 is 8.78 Å². The Bertz CT molecular complexity index is 373. The van der Waals surface area contributed by atoms with Crippen molar-refractivity contribution in [1.29, 1.82) is 0 Å². The molecule has 0 radical (unpaired) electrons. The van der Waals surface area contributed by atoms with Gasteiger partial charge in [0, 0.05) is 5.56 Å². The van der Waals surface area contributed by atoms with Crippen LogP contribution >= 0.6 is 15.9 Å². The summed E-state index contributed by atoms with van der Waals surface area (Å²) in [6, 6.07) is 4.82. The maximum Gasteiger partial charge on any atom is 0.143 e. The lowest BCUT2D eigenvalue weighted by atomic mass is 9.88. The fourth-order valence-corrected chi connectivity index (χ4v) is 2.52. The summed E-state index contributed by atoms with van der Waals surface area (Å²) in [5, 5.41) is 3.13. The molecule has 1 aliphatic heterocycles. The predicted molar refractivity (Wildman–Crippen MR) is 63.6 cm³/mol. The van der Waals surface area contributed by atoms with Crippen LogP contribution in [0.4, 0.5) is 8.78 Å². The van der Waals surface area contributed by atoms with Gasteiger partial charge in [0.25, 0.3) is 0 Å². The number of rotatable bonds is 1. The van der Waals surface area contributed by atoms with Crippen molar-refractivity contribution in [3.63, 3.8) is 0 Å². The van der Waals surface area contributed by atoms with Gasteiger partial charge in [0.1, 0.15) is 11.5 Å². The quantitative estimate of drug-likeness (QED) is 0.834. The average Bonchev–Trinajstić information content (AvgIpc) is 2.48. The van der Waals surface area contributed by atoms with Crippen LogP contribution < -0.4 is 5.32 Å². The first kappa shape index (κ1) is 12.0. The smallest absolute Gasteiger partial charge is 0.143 e. The second kappa shape index (κ2) is 4.80. The van der Waals surface area contributed by atoms with Crippen LogP contribution in [0.25, 0.3) is 0 Å². The van der Waals surface area contributed by atoms with E-state index in [-0.39, 0.29) is 5.56 Å². The molecule has 1 nitrogen and oxygen atoms in total. The van der Waals surface area contributed by atoms with E-state index >= 15 is 0 Å². The average molecular weight is 290 g/mol. The van der Waals surface area contributed by atoms with Gasteiger partial charge in [-0.1, -0.05) is 12.1 Å². The van der Waals surface area contributed by atoms with E-state index < -0.39 is 11.5 Å². The summed E-state index contributed by atoms with van der Waals surface area (Å²) in [5.41, 5.74) is -1.34. The third-order valence-electron chi connectivity index (χ3n) is 3.06. The van der Waals surface area contributed by atoms with Crippen molar-refractivity contribution in [1.82, 2.24) is 5.32 Å². The fraction of sp³-hybridized carbons (Fsp3) is 0.500. The number of nitrogens with one attached hydrogen (secondary N) is 1. The highest BCUT2D eigenvalue weighted by molar-refractivity contribution is 9.10. The van der Waals surface area contributed by atoms with E-state index in [4.69, 9.17) is 0 Å². The molecule has 1 fully saturated rings. The largest absolute Gasteiger partial charge is 0.317 e. The van der Waals surface area contributed by atoms with Crippen molar-refractivity contribution in [3.05, 3.63) is 34.1 Å². The predicted octanol–water partition coefficient (Wildman–Crippen LogP) is 3.53. The maximum absolute atomic E-state index is 14.7. The molecule has 2 rings (SSSR count). The van der Waals surface area contributed by atoms with Gasteiger partial charge in [-0.2, -0.15) is 0 Å².